The summed E-state index contributed by atoms with van der Waals surface area (Å²) in [4.78, 5) is 8.34. The SMILES string of the molecule is Cc1nn(C)c(C)c1C(NN)c1cnccn1. The Morgan fingerprint density at radius 2 is 2.12 bits per heavy atom. The molecule has 6 nitrogen and oxygen atoms in total. The predicted molar refractivity (Wildman–Crippen MR) is 63.9 cm³/mol. The zero-order valence-electron chi connectivity index (χ0n) is 10.2. The van der Waals surface area contributed by atoms with Crippen LogP contribution in [0.4, 0.5) is 0 Å². The molecule has 0 fully saturated rings. The number of aromatic nitrogens is 4. The molecule has 17 heavy (non-hydrogen) atoms. The van der Waals surface area contributed by atoms with E-state index >= 15 is 0 Å². The van der Waals surface area contributed by atoms with Crippen molar-refractivity contribution < 1.29 is 0 Å². The lowest BCUT2D eigenvalue weighted by Gasteiger charge is -2.15. The molecule has 0 aromatic carbocycles. The first-order valence-corrected chi connectivity index (χ1v) is 5.37. The summed E-state index contributed by atoms with van der Waals surface area (Å²) in [6.45, 7) is 3.97. The first kappa shape index (κ1) is 11.7. The number of hydrazine groups is 1. The van der Waals surface area contributed by atoms with Gasteiger partial charge in [-0.25, -0.2) is 5.43 Å². The number of nitrogens with two attached hydrogens (primary N) is 1. The van der Waals surface area contributed by atoms with Crippen molar-refractivity contribution in [2.24, 2.45) is 12.9 Å². The molecule has 0 saturated heterocycles. The topological polar surface area (TPSA) is 81.7 Å². The van der Waals surface area contributed by atoms with E-state index in [0.29, 0.717) is 0 Å². The normalized spacial score (nSPS) is 12.7. The van der Waals surface area contributed by atoms with Crippen LogP contribution < -0.4 is 11.3 Å². The molecule has 0 radical (unpaired) electrons. The highest BCUT2D eigenvalue weighted by Crippen LogP contribution is 2.24. The van der Waals surface area contributed by atoms with Crippen LogP contribution in [0.15, 0.2) is 18.6 Å². The standard InChI is InChI=1S/C11H16N6/c1-7-10(8(2)17(3)16-7)11(15-12)9-6-13-4-5-14-9/h4-6,11,15H,12H2,1-3H3. The second kappa shape index (κ2) is 4.60. The van der Waals surface area contributed by atoms with Crippen molar-refractivity contribution in [3.05, 3.63) is 41.2 Å². The maximum Gasteiger partial charge on any atom is 0.0932 e. The maximum atomic E-state index is 5.63. The van der Waals surface area contributed by atoms with E-state index < -0.39 is 0 Å². The fourth-order valence-corrected chi connectivity index (χ4v) is 1.98. The molecule has 0 aliphatic rings. The minimum absolute atomic E-state index is 0.183. The van der Waals surface area contributed by atoms with Crippen molar-refractivity contribution in [2.45, 2.75) is 19.9 Å². The first-order chi connectivity index (χ1) is 8.15. The van der Waals surface area contributed by atoms with E-state index in [1.807, 2.05) is 25.6 Å². The van der Waals surface area contributed by atoms with E-state index in [9.17, 15) is 0 Å². The lowest BCUT2D eigenvalue weighted by Crippen LogP contribution is -2.30. The Morgan fingerprint density at radius 1 is 1.35 bits per heavy atom. The largest absolute Gasteiger partial charge is 0.272 e. The summed E-state index contributed by atoms with van der Waals surface area (Å²) in [6.07, 6.45) is 5.00. The van der Waals surface area contributed by atoms with Crippen LogP contribution in [0.2, 0.25) is 0 Å². The van der Waals surface area contributed by atoms with Crippen LogP contribution in [0, 0.1) is 13.8 Å². The highest BCUT2D eigenvalue weighted by Gasteiger charge is 2.21. The highest BCUT2D eigenvalue weighted by atomic mass is 15.3. The number of hydrogen-bond acceptors (Lipinski definition) is 5. The molecule has 1 unspecified atom stereocenters. The highest BCUT2D eigenvalue weighted by molar-refractivity contribution is 5.33. The monoisotopic (exact) mass is 232 g/mol. The molecule has 90 valence electrons. The third-order valence-electron chi connectivity index (χ3n) is 2.90. The second-order valence-corrected chi connectivity index (χ2v) is 3.94. The number of aryl methyl sites for hydroxylation is 2. The molecule has 0 spiro atoms. The van der Waals surface area contributed by atoms with Crippen molar-refractivity contribution in [3.8, 4) is 0 Å². The van der Waals surface area contributed by atoms with E-state index in [2.05, 4.69) is 20.5 Å². The van der Waals surface area contributed by atoms with E-state index in [1.54, 1.807) is 18.6 Å². The van der Waals surface area contributed by atoms with Crippen LogP contribution in [-0.4, -0.2) is 19.7 Å². The molecule has 1 atom stereocenters. The molecule has 2 aromatic heterocycles. The summed E-state index contributed by atoms with van der Waals surface area (Å²) >= 11 is 0. The molecular formula is C11H16N6. The van der Waals surface area contributed by atoms with Crippen LogP contribution in [-0.2, 0) is 7.05 Å². The maximum absolute atomic E-state index is 5.63. The molecule has 2 heterocycles. The summed E-state index contributed by atoms with van der Waals surface area (Å²) in [5, 5.41) is 4.38. The second-order valence-electron chi connectivity index (χ2n) is 3.94. The van der Waals surface area contributed by atoms with Gasteiger partial charge in [0.15, 0.2) is 0 Å². The molecule has 0 saturated carbocycles. The van der Waals surface area contributed by atoms with E-state index in [1.165, 1.54) is 0 Å². The molecule has 0 bridgehead atoms. The molecule has 0 aliphatic heterocycles. The van der Waals surface area contributed by atoms with Gasteiger partial charge in [0.1, 0.15) is 0 Å². The van der Waals surface area contributed by atoms with Crippen molar-refractivity contribution in [1.29, 1.82) is 0 Å². The smallest absolute Gasteiger partial charge is 0.0932 e. The van der Waals surface area contributed by atoms with Crippen molar-refractivity contribution in [2.75, 3.05) is 0 Å². The average Bonchev–Trinajstić information content (AvgIpc) is 2.58. The Bertz CT molecular complexity index is 504. The summed E-state index contributed by atoms with van der Waals surface area (Å²) in [7, 11) is 1.91. The van der Waals surface area contributed by atoms with Crippen molar-refractivity contribution in [3.63, 3.8) is 0 Å². The fraction of sp³-hybridized carbons (Fsp3) is 0.364. The third kappa shape index (κ3) is 2.04. The number of nitrogens with zero attached hydrogens (tertiary/aromatic N) is 4. The lowest BCUT2D eigenvalue weighted by molar-refractivity contribution is 0.610. The van der Waals surface area contributed by atoms with Gasteiger partial charge < -0.3 is 0 Å². The summed E-state index contributed by atoms with van der Waals surface area (Å²) in [6, 6.07) is -0.183. The van der Waals surface area contributed by atoms with E-state index in [0.717, 1.165) is 22.6 Å². The number of rotatable bonds is 3. The van der Waals surface area contributed by atoms with Gasteiger partial charge in [0.05, 0.1) is 23.6 Å². The first-order valence-electron chi connectivity index (χ1n) is 5.37. The molecular weight excluding hydrogens is 216 g/mol. The van der Waals surface area contributed by atoms with Crippen LogP contribution in [0.3, 0.4) is 0 Å². The minimum Gasteiger partial charge on any atom is -0.272 e. The molecule has 2 rings (SSSR count). The Morgan fingerprint density at radius 3 is 2.59 bits per heavy atom. The summed E-state index contributed by atoms with van der Waals surface area (Å²) in [5.41, 5.74) is 6.62. The van der Waals surface area contributed by atoms with Gasteiger partial charge in [-0.3, -0.25) is 20.5 Å². The van der Waals surface area contributed by atoms with Gasteiger partial charge in [0, 0.05) is 30.7 Å². The van der Waals surface area contributed by atoms with Gasteiger partial charge in [0.25, 0.3) is 0 Å². The molecule has 2 aromatic rings. The van der Waals surface area contributed by atoms with Gasteiger partial charge in [-0.1, -0.05) is 0 Å². The van der Waals surface area contributed by atoms with E-state index in [4.69, 9.17) is 5.84 Å². The van der Waals surface area contributed by atoms with Crippen LogP contribution >= 0.6 is 0 Å². The fourth-order valence-electron chi connectivity index (χ4n) is 1.98. The predicted octanol–water partition coefficient (Wildman–Crippen LogP) is 0.380. The van der Waals surface area contributed by atoms with Gasteiger partial charge in [-0.05, 0) is 13.8 Å². The van der Waals surface area contributed by atoms with Crippen molar-refractivity contribution >= 4 is 0 Å². The molecule has 0 amide bonds. The average molecular weight is 232 g/mol. The molecule has 3 N–H and O–H groups in total. The Hall–Kier alpha value is -1.79. The van der Waals surface area contributed by atoms with Gasteiger partial charge in [-0.15, -0.1) is 0 Å². The summed E-state index contributed by atoms with van der Waals surface area (Å²) < 4.78 is 1.84. The Balaban J connectivity index is 2.50. The Kier molecular flexibility index (Phi) is 3.16. The van der Waals surface area contributed by atoms with Crippen molar-refractivity contribution in [1.82, 2.24) is 25.2 Å². The van der Waals surface area contributed by atoms with Gasteiger partial charge in [0.2, 0.25) is 0 Å². The lowest BCUT2D eigenvalue weighted by atomic mass is 10.0. The van der Waals surface area contributed by atoms with Crippen LogP contribution in [0.5, 0.6) is 0 Å². The number of hydrogen-bond donors (Lipinski definition) is 2. The summed E-state index contributed by atoms with van der Waals surface area (Å²) in [5.74, 6) is 5.63. The molecule has 6 heteroatoms. The minimum atomic E-state index is -0.183. The molecule has 0 aliphatic carbocycles. The zero-order valence-corrected chi connectivity index (χ0v) is 10.2. The number of nitrogens with one attached hydrogen (secondary N) is 1. The quantitative estimate of drug-likeness (QED) is 0.590. The van der Waals surface area contributed by atoms with Gasteiger partial charge in [-0.2, -0.15) is 5.10 Å². The zero-order chi connectivity index (χ0) is 12.4. The van der Waals surface area contributed by atoms with E-state index in [-0.39, 0.29) is 6.04 Å². The van der Waals surface area contributed by atoms with Gasteiger partial charge >= 0.3 is 0 Å². The van der Waals surface area contributed by atoms with Crippen LogP contribution in [0.1, 0.15) is 28.7 Å². The van der Waals surface area contributed by atoms with Crippen LogP contribution in [0.25, 0.3) is 0 Å². The third-order valence-corrected chi connectivity index (χ3v) is 2.90. The Labute approximate surface area is 99.9 Å².